The topological polar surface area (TPSA) is 58.6 Å². The summed E-state index contributed by atoms with van der Waals surface area (Å²) in [5, 5.41) is 0. The summed E-state index contributed by atoms with van der Waals surface area (Å²) in [6.45, 7) is 3.43. The van der Waals surface area contributed by atoms with Crippen molar-refractivity contribution in [1.29, 1.82) is 0 Å². The molecule has 2 aliphatic heterocycles. The highest BCUT2D eigenvalue weighted by Crippen LogP contribution is 2.31. The summed E-state index contributed by atoms with van der Waals surface area (Å²) in [6, 6.07) is 4.53. The highest BCUT2D eigenvalue weighted by Gasteiger charge is 2.32. The molecule has 2 aliphatic rings. The lowest BCUT2D eigenvalue weighted by Gasteiger charge is -2.33. The van der Waals surface area contributed by atoms with Crippen molar-refractivity contribution in [3.05, 3.63) is 53.0 Å². The Bertz CT molecular complexity index is 882. The molecule has 0 aliphatic carbocycles. The first kappa shape index (κ1) is 18.7. The van der Waals surface area contributed by atoms with E-state index in [-0.39, 0.29) is 12.1 Å². The minimum atomic E-state index is -4.48. The van der Waals surface area contributed by atoms with Gasteiger partial charge in [-0.2, -0.15) is 13.2 Å². The van der Waals surface area contributed by atoms with Crippen molar-refractivity contribution < 1.29 is 22.7 Å². The van der Waals surface area contributed by atoms with Gasteiger partial charge in [-0.05, 0) is 24.6 Å². The molecule has 6 nitrogen and oxygen atoms in total. The molecular formula is C19H19F3N4O2. The summed E-state index contributed by atoms with van der Waals surface area (Å²) >= 11 is 0. The minimum absolute atomic E-state index is 0.0285. The van der Waals surface area contributed by atoms with Gasteiger partial charge in [0.05, 0.1) is 31.0 Å². The molecule has 0 saturated carbocycles. The molecular weight excluding hydrogens is 373 g/mol. The Labute approximate surface area is 159 Å². The number of rotatable bonds is 2. The second-order valence-electron chi connectivity index (χ2n) is 6.78. The second kappa shape index (κ2) is 7.38. The van der Waals surface area contributed by atoms with Crippen LogP contribution in [0.5, 0.6) is 0 Å². The van der Waals surface area contributed by atoms with Crippen molar-refractivity contribution in [3.63, 3.8) is 0 Å². The number of nitrogens with zero attached hydrogens (tertiary/aromatic N) is 4. The fourth-order valence-electron chi connectivity index (χ4n) is 3.57. The highest BCUT2D eigenvalue weighted by molar-refractivity contribution is 5.94. The predicted octanol–water partition coefficient (Wildman–Crippen LogP) is 2.53. The number of anilines is 1. The Hall–Kier alpha value is -2.68. The first-order valence-corrected chi connectivity index (χ1v) is 9.05. The Morgan fingerprint density at radius 1 is 1.11 bits per heavy atom. The lowest BCUT2D eigenvalue weighted by Crippen LogP contribution is -2.40. The highest BCUT2D eigenvalue weighted by atomic mass is 19.4. The second-order valence-corrected chi connectivity index (χ2v) is 6.78. The van der Waals surface area contributed by atoms with Crippen LogP contribution in [0.3, 0.4) is 0 Å². The third-order valence-electron chi connectivity index (χ3n) is 5.02. The molecule has 1 saturated heterocycles. The van der Waals surface area contributed by atoms with Crippen LogP contribution < -0.4 is 4.90 Å². The molecule has 9 heteroatoms. The van der Waals surface area contributed by atoms with Gasteiger partial charge in [0.2, 0.25) is 0 Å². The van der Waals surface area contributed by atoms with Crippen molar-refractivity contribution in [1.82, 2.24) is 14.9 Å². The molecule has 28 heavy (non-hydrogen) atoms. The van der Waals surface area contributed by atoms with Gasteiger partial charge in [0.15, 0.2) is 0 Å². The van der Waals surface area contributed by atoms with E-state index in [1.54, 1.807) is 0 Å². The molecule has 1 fully saturated rings. The molecule has 0 unspecified atom stereocenters. The average molecular weight is 392 g/mol. The maximum absolute atomic E-state index is 12.9. The summed E-state index contributed by atoms with van der Waals surface area (Å²) in [5.74, 6) is 0.433. The SMILES string of the molecule is O=C(c1cccc(C(F)(F)F)c1)N1CCc2c(ncnc2N2CCOCC2)C1. The predicted molar refractivity (Wildman–Crippen MR) is 95.0 cm³/mol. The Kier molecular flexibility index (Phi) is 4.92. The molecule has 0 atom stereocenters. The van der Waals surface area contributed by atoms with Gasteiger partial charge in [0.25, 0.3) is 5.91 Å². The van der Waals surface area contributed by atoms with Crippen LogP contribution in [-0.4, -0.2) is 53.6 Å². The van der Waals surface area contributed by atoms with Crippen LogP contribution in [0.4, 0.5) is 19.0 Å². The summed E-state index contributed by atoms with van der Waals surface area (Å²) in [5.41, 5.74) is 0.939. The standard InChI is InChI=1S/C19H19F3N4O2/c20-19(21,22)14-3-1-2-13(10-14)18(27)26-5-4-15-16(11-26)23-12-24-17(15)25-6-8-28-9-7-25/h1-3,10,12H,4-9,11H2. The Morgan fingerprint density at radius 3 is 2.64 bits per heavy atom. The van der Waals surface area contributed by atoms with Gasteiger partial charge in [-0.3, -0.25) is 4.79 Å². The fraction of sp³-hybridized carbons (Fsp3) is 0.421. The zero-order chi connectivity index (χ0) is 19.7. The molecule has 0 radical (unpaired) electrons. The molecule has 4 rings (SSSR count). The van der Waals surface area contributed by atoms with Crippen LogP contribution in [0.1, 0.15) is 27.2 Å². The monoisotopic (exact) mass is 392 g/mol. The van der Waals surface area contributed by atoms with Crippen molar-refractivity contribution in [2.45, 2.75) is 19.1 Å². The minimum Gasteiger partial charge on any atom is -0.378 e. The van der Waals surface area contributed by atoms with Crippen molar-refractivity contribution >= 4 is 11.7 Å². The lowest BCUT2D eigenvalue weighted by molar-refractivity contribution is -0.137. The third kappa shape index (κ3) is 3.66. The zero-order valence-electron chi connectivity index (χ0n) is 15.1. The van der Waals surface area contributed by atoms with Gasteiger partial charge >= 0.3 is 6.18 Å². The number of fused-ring (bicyclic) bond motifs is 1. The number of aromatic nitrogens is 2. The van der Waals surface area contributed by atoms with Crippen molar-refractivity contribution in [2.75, 3.05) is 37.7 Å². The number of carbonyl (C=O) groups is 1. The number of halogens is 3. The lowest BCUT2D eigenvalue weighted by atomic mass is 10.0. The number of alkyl halides is 3. The molecule has 2 aromatic rings. The van der Waals surface area contributed by atoms with Crippen LogP contribution in [0, 0.1) is 0 Å². The van der Waals surface area contributed by atoms with Crippen LogP contribution in [-0.2, 0) is 23.9 Å². The summed E-state index contributed by atoms with van der Waals surface area (Å²) in [4.78, 5) is 25.2. The molecule has 1 aromatic heterocycles. The number of amides is 1. The van der Waals surface area contributed by atoms with Crippen LogP contribution in [0.15, 0.2) is 30.6 Å². The number of ether oxygens (including phenoxy) is 1. The number of morpholine rings is 1. The van der Waals surface area contributed by atoms with E-state index in [0.29, 0.717) is 26.2 Å². The van der Waals surface area contributed by atoms with Crippen LogP contribution in [0.2, 0.25) is 0 Å². The molecule has 1 aromatic carbocycles. The van der Waals surface area contributed by atoms with E-state index in [0.717, 1.165) is 42.3 Å². The van der Waals surface area contributed by atoms with E-state index in [9.17, 15) is 18.0 Å². The number of carbonyl (C=O) groups excluding carboxylic acids is 1. The summed E-state index contributed by atoms with van der Waals surface area (Å²) in [7, 11) is 0. The molecule has 1 amide bonds. The van der Waals surface area contributed by atoms with E-state index in [2.05, 4.69) is 14.9 Å². The fourth-order valence-corrected chi connectivity index (χ4v) is 3.57. The van der Waals surface area contributed by atoms with Crippen LogP contribution in [0.25, 0.3) is 0 Å². The summed E-state index contributed by atoms with van der Waals surface area (Å²) < 4.78 is 44.2. The van der Waals surface area contributed by atoms with Crippen LogP contribution >= 0.6 is 0 Å². The number of hydrogen-bond donors (Lipinski definition) is 0. The first-order chi connectivity index (χ1) is 13.4. The average Bonchev–Trinajstić information content (AvgIpc) is 2.72. The van der Waals surface area contributed by atoms with E-state index in [1.807, 2.05) is 0 Å². The third-order valence-corrected chi connectivity index (χ3v) is 5.02. The first-order valence-electron chi connectivity index (χ1n) is 9.05. The number of hydrogen-bond acceptors (Lipinski definition) is 5. The maximum atomic E-state index is 12.9. The Morgan fingerprint density at radius 2 is 1.89 bits per heavy atom. The van der Waals surface area contributed by atoms with E-state index in [4.69, 9.17) is 4.74 Å². The normalized spacial score (nSPS) is 17.4. The summed E-state index contributed by atoms with van der Waals surface area (Å²) in [6.07, 6.45) is -2.44. The molecule has 148 valence electrons. The van der Waals surface area contributed by atoms with Gasteiger partial charge in [-0.15, -0.1) is 0 Å². The Balaban J connectivity index is 1.55. The van der Waals surface area contributed by atoms with E-state index >= 15 is 0 Å². The molecule has 0 N–H and O–H groups in total. The molecule has 0 bridgehead atoms. The van der Waals surface area contributed by atoms with Gasteiger partial charge in [-0.25, -0.2) is 9.97 Å². The molecule has 3 heterocycles. The van der Waals surface area contributed by atoms with E-state index in [1.165, 1.54) is 23.4 Å². The van der Waals surface area contributed by atoms with Gasteiger partial charge in [-0.1, -0.05) is 6.07 Å². The van der Waals surface area contributed by atoms with Crippen molar-refractivity contribution in [3.8, 4) is 0 Å². The van der Waals surface area contributed by atoms with E-state index < -0.39 is 17.6 Å². The molecule has 0 spiro atoms. The zero-order valence-corrected chi connectivity index (χ0v) is 15.1. The van der Waals surface area contributed by atoms with Gasteiger partial charge in [0, 0.05) is 30.8 Å². The smallest absolute Gasteiger partial charge is 0.378 e. The van der Waals surface area contributed by atoms with Crippen molar-refractivity contribution in [2.24, 2.45) is 0 Å². The largest absolute Gasteiger partial charge is 0.416 e. The number of benzene rings is 1. The van der Waals surface area contributed by atoms with Gasteiger partial charge < -0.3 is 14.5 Å². The quantitative estimate of drug-likeness (QED) is 0.786. The maximum Gasteiger partial charge on any atom is 0.416 e. The van der Waals surface area contributed by atoms with Gasteiger partial charge in [0.1, 0.15) is 12.1 Å².